The Morgan fingerprint density at radius 1 is 1.27 bits per heavy atom. The molecule has 2 rings (SSSR count). The van der Waals surface area contributed by atoms with E-state index in [1.165, 1.54) is 51.7 Å². The molecule has 2 aliphatic rings. The van der Waals surface area contributed by atoms with Gasteiger partial charge < -0.3 is 5.32 Å². The molecule has 1 aliphatic carbocycles. The molecule has 0 radical (unpaired) electrons. The van der Waals surface area contributed by atoms with Crippen LogP contribution < -0.4 is 5.32 Å². The van der Waals surface area contributed by atoms with Crippen molar-refractivity contribution in [3.63, 3.8) is 0 Å². The third-order valence-corrected chi connectivity index (χ3v) is 3.97. The number of hydrogen-bond donors (Lipinski definition) is 1. The molecule has 88 valence electrons. The molecule has 2 unspecified atom stereocenters. The lowest BCUT2D eigenvalue weighted by Crippen LogP contribution is -2.56. The second-order valence-corrected chi connectivity index (χ2v) is 5.40. The number of hydrogen-bond acceptors (Lipinski definition) is 2. The van der Waals surface area contributed by atoms with Crippen molar-refractivity contribution in [1.29, 1.82) is 0 Å². The Morgan fingerprint density at radius 3 is 2.73 bits per heavy atom. The predicted molar refractivity (Wildman–Crippen MR) is 65.1 cm³/mol. The fraction of sp³-hybridized carbons (Fsp3) is 1.00. The summed E-state index contributed by atoms with van der Waals surface area (Å²) >= 11 is 0. The molecule has 0 spiro atoms. The van der Waals surface area contributed by atoms with Crippen molar-refractivity contribution in [2.24, 2.45) is 5.92 Å². The summed E-state index contributed by atoms with van der Waals surface area (Å²) in [5.74, 6) is 1.01. The molecule has 2 fully saturated rings. The topological polar surface area (TPSA) is 15.3 Å². The van der Waals surface area contributed by atoms with Crippen LogP contribution in [-0.2, 0) is 0 Å². The summed E-state index contributed by atoms with van der Waals surface area (Å²) in [5.41, 5.74) is 0. The Morgan fingerprint density at radius 2 is 2.07 bits per heavy atom. The minimum atomic E-state index is 0.747. The number of nitrogens with one attached hydrogen (secondary N) is 1. The first-order chi connectivity index (χ1) is 7.31. The van der Waals surface area contributed by atoms with Gasteiger partial charge in [0.05, 0.1) is 0 Å². The highest BCUT2D eigenvalue weighted by Gasteiger charge is 2.35. The second kappa shape index (κ2) is 5.31. The highest BCUT2D eigenvalue weighted by atomic mass is 15.2. The maximum Gasteiger partial charge on any atom is 0.0224 e. The maximum atomic E-state index is 3.71. The van der Waals surface area contributed by atoms with Crippen molar-refractivity contribution in [1.82, 2.24) is 10.2 Å². The molecule has 2 heteroatoms. The van der Waals surface area contributed by atoms with Gasteiger partial charge in [0.1, 0.15) is 0 Å². The van der Waals surface area contributed by atoms with Crippen molar-refractivity contribution >= 4 is 0 Å². The molecular weight excluding hydrogens is 184 g/mol. The Hall–Kier alpha value is -0.0800. The van der Waals surface area contributed by atoms with Gasteiger partial charge in [0.15, 0.2) is 0 Å². The van der Waals surface area contributed by atoms with Crippen LogP contribution in [0.15, 0.2) is 0 Å². The summed E-state index contributed by atoms with van der Waals surface area (Å²) in [6.07, 6.45) is 7.05. The van der Waals surface area contributed by atoms with E-state index in [1.807, 2.05) is 0 Å². The molecule has 1 N–H and O–H groups in total. The second-order valence-electron chi connectivity index (χ2n) is 5.40. The Kier molecular flexibility index (Phi) is 4.04. The van der Waals surface area contributed by atoms with E-state index in [2.05, 4.69) is 24.1 Å². The molecule has 1 aliphatic heterocycles. The molecular formula is C13H26N2. The van der Waals surface area contributed by atoms with E-state index >= 15 is 0 Å². The van der Waals surface area contributed by atoms with Crippen molar-refractivity contribution in [3.8, 4) is 0 Å². The largest absolute Gasteiger partial charge is 0.311 e. The highest BCUT2D eigenvalue weighted by Crippen LogP contribution is 2.34. The van der Waals surface area contributed by atoms with E-state index in [9.17, 15) is 0 Å². The van der Waals surface area contributed by atoms with Gasteiger partial charge in [0.2, 0.25) is 0 Å². The normalized spacial score (nSPS) is 33.2. The summed E-state index contributed by atoms with van der Waals surface area (Å²) < 4.78 is 0. The van der Waals surface area contributed by atoms with Crippen molar-refractivity contribution in [2.45, 2.75) is 58.0 Å². The molecule has 2 atom stereocenters. The van der Waals surface area contributed by atoms with E-state index in [1.54, 1.807) is 0 Å². The predicted octanol–water partition coefficient (Wildman–Crippen LogP) is 2.25. The van der Waals surface area contributed by atoms with Gasteiger partial charge in [-0.2, -0.15) is 0 Å². The van der Waals surface area contributed by atoms with Crippen LogP contribution in [0.2, 0.25) is 0 Å². The van der Waals surface area contributed by atoms with Gasteiger partial charge >= 0.3 is 0 Å². The maximum absolute atomic E-state index is 3.71. The van der Waals surface area contributed by atoms with Crippen LogP contribution in [0.4, 0.5) is 0 Å². The Bertz CT molecular complexity index is 189. The fourth-order valence-corrected chi connectivity index (χ4v) is 2.64. The number of unbranched alkanes of at least 4 members (excludes halogenated alkanes) is 2. The third kappa shape index (κ3) is 3.18. The average Bonchev–Trinajstić information content (AvgIpc) is 3.05. The van der Waals surface area contributed by atoms with Crippen LogP contribution in [0.1, 0.15) is 46.0 Å². The zero-order valence-corrected chi connectivity index (χ0v) is 10.3. The minimum absolute atomic E-state index is 0.747. The van der Waals surface area contributed by atoms with Gasteiger partial charge in [-0.3, -0.25) is 4.90 Å². The van der Waals surface area contributed by atoms with Gasteiger partial charge in [-0.25, -0.2) is 0 Å². The zero-order chi connectivity index (χ0) is 10.7. The molecule has 1 saturated carbocycles. The van der Waals surface area contributed by atoms with Gasteiger partial charge in [-0.15, -0.1) is 0 Å². The number of rotatable bonds is 5. The quantitative estimate of drug-likeness (QED) is 0.700. The standard InChI is InChI=1S/C13H26N2/c1-3-4-5-8-15-10-13(12-6-7-12)14-9-11(15)2/h11-14H,3-10H2,1-2H3. The van der Waals surface area contributed by atoms with Gasteiger partial charge in [-0.1, -0.05) is 19.8 Å². The molecule has 0 aromatic rings. The summed E-state index contributed by atoms with van der Waals surface area (Å²) in [6, 6.07) is 1.56. The molecule has 0 aromatic carbocycles. The van der Waals surface area contributed by atoms with E-state index in [0.717, 1.165) is 18.0 Å². The number of piperazine rings is 1. The molecule has 0 aromatic heterocycles. The highest BCUT2D eigenvalue weighted by molar-refractivity contribution is 4.93. The molecule has 1 saturated heterocycles. The van der Waals surface area contributed by atoms with Crippen LogP contribution in [0.3, 0.4) is 0 Å². The van der Waals surface area contributed by atoms with Crippen LogP contribution in [0.5, 0.6) is 0 Å². The molecule has 15 heavy (non-hydrogen) atoms. The zero-order valence-electron chi connectivity index (χ0n) is 10.3. The average molecular weight is 210 g/mol. The fourth-order valence-electron chi connectivity index (χ4n) is 2.64. The van der Waals surface area contributed by atoms with Gasteiger partial charge in [0, 0.05) is 25.2 Å². The lowest BCUT2D eigenvalue weighted by molar-refractivity contribution is 0.130. The first kappa shape index (κ1) is 11.4. The van der Waals surface area contributed by atoms with Crippen LogP contribution in [0, 0.1) is 5.92 Å². The molecule has 2 nitrogen and oxygen atoms in total. The minimum Gasteiger partial charge on any atom is -0.311 e. The van der Waals surface area contributed by atoms with Crippen molar-refractivity contribution in [2.75, 3.05) is 19.6 Å². The first-order valence-electron chi connectivity index (χ1n) is 6.78. The Labute approximate surface area is 94.4 Å². The Balaban J connectivity index is 1.74. The summed E-state index contributed by atoms with van der Waals surface area (Å²) in [4.78, 5) is 2.70. The molecule has 1 heterocycles. The van der Waals surface area contributed by atoms with E-state index in [4.69, 9.17) is 0 Å². The van der Waals surface area contributed by atoms with Crippen LogP contribution >= 0.6 is 0 Å². The van der Waals surface area contributed by atoms with E-state index < -0.39 is 0 Å². The monoisotopic (exact) mass is 210 g/mol. The van der Waals surface area contributed by atoms with Crippen LogP contribution in [0.25, 0.3) is 0 Å². The van der Waals surface area contributed by atoms with Crippen LogP contribution in [-0.4, -0.2) is 36.6 Å². The molecule has 0 bridgehead atoms. The summed E-state index contributed by atoms with van der Waals surface area (Å²) in [7, 11) is 0. The lowest BCUT2D eigenvalue weighted by atomic mass is 10.1. The molecule has 0 amide bonds. The van der Waals surface area contributed by atoms with Crippen molar-refractivity contribution in [3.05, 3.63) is 0 Å². The first-order valence-corrected chi connectivity index (χ1v) is 6.78. The summed E-state index contributed by atoms with van der Waals surface area (Å²) in [5, 5.41) is 3.71. The van der Waals surface area contributed by atoms with E-state index in [-0.39, 0.29) is 0 Å². The van der Waals surface area contributed by atoms with Gasteiger partial charge in [0.25, 0.3) is 0 Å². The summed E-state index contributed by atoms with van der Waals surface area (Å²) in [6.45, 7) is 8.47. The van der Waals surface area contributed by atoms with Gasteiger partial charge in [-0.05, 0) is 38.6 Å². The third-order valence-electron chi connectivity index (χ3n) is 3.97. The number of nitrogens with zero attached hydrogens (tertiary/aromatic N) is 1. The lowest BCUT2D eigenvalue weighted by Gasteiger charge is -2.39. The smallest absolute Gasteiger partial charge is 0.0224 e. The van der Waals surface area contributed by atoms with E-state index in [0.29, 0.717) is 0 Å². The van der Waals surface area contributed by atoms with Crippen molar-refractivity contribution < 1.29 is 0 Å². The SMILES string of the molecule is CCCCCN1CC(C2CC2)NCC1C.